The van der Waals surface area contributed by atoms with Gasteiger partial charge in [-0.2, -0.15) is 0 Å². The zero-order valence-electron chi connectivity index (χ0n) is 6.47. The van der Waals surface area contributed by atoms with Crippen molar-refractivity contribution in [2.45, 2.75) is 6.10 Å². The monoisotopic (exact) mass is 166 g/mol. The van der Waals surface area contributed by atoms with Gasteiger partial charge in [-0.05, 0) is 11.6 Å². The Morgan fingerprint density at radius 2 is 2.25 bits per heavy atom. The number of aliphatic hydroxyl groups excluding tert-OH is 2. The molecule has 0 aliphatic heterocycles. The van der Waals surface area contributed by atoms with Crippen LogP contribution in [-0.2, 0) is 0 Å². The number of benzene rings is 1. The van der Waals surface area contributed by atoms with Gasteiger partial charge >= 0.3 is 0 Å². The van der Waals surface area contributed by atoms with Crippen LogP contribution >= 0.6 is 0 Å². The Morgan fingerprint density at radius 1 is 1.50 bits per heavy atom. The average Bonchev–Trinajstić information content (AvgIpc) is 2.17. The van der Waals surface area contributed by atoms with Gasteiger partial charge in [0.05, 0.1) is 6.61 Å². The molecule has 12 heavy (non-hydrogen) atoms. The molecular formula is C9H10O3. The summed E-state index contributed by atoms with van der Waals surface area (Å²) in [7, 11) is 0. The number of rotatable bonds is 3. The molecule has 0 saturated carbocycles. The summed E-state index contributed by atoms with van der Waals surface area (Å²) in [6.45, 7) is -0.331. The first-order chi connectivity index (χ1) is 5.77. The van der Waals surface area contributed by atoms with Gasteiger partial charge in [-0.25, -0.2) is 0 Å². The maximum atomic E-state index is 10.3. The third-order valence-corrected chi connectivity index (χ3v) is 1.60. The van der Waals surface area contributed by atoms with E-state index in [1.54, 1.807) is 24.3 Å². The highest BCUT2D eigenvalue weighted by Crippen LogP contribution is 2.12. The first-order valence-corrected chi connectivity index (χ1v) is 3.62. The maximum Gasteiger partial charge on any atom is 0.150 e. The van der Waals surface area contributed by atoms with E-state index in [1.807, 2.05) is 0 Å². The van der Waals surface area contributed by atoms with E-state index in [0.717, 1.165) is 0 Å². The van der Waals surface area contributed by atoms with E-state index in [9.17, 15) is 9.90 Å². The number of carbonyl (C=O) groups excluding carboxylic acids is 1. The minimum Gasteiger partial charge on any atom is -0.393 e. The second-order valence-electron chi connectivity index (χ2n) is 2.49. The lowest BCUT2D eigenvalue weighted by Crippen LogP contribution is -2.02. The van der Waals surface area contributed by atoms with Gasteiger partial charge in [0.15, 0.2) is 0 Å². The predicted octanol–water partition coefficient (Wildman–Crippen LogP) is 0.525. The molecule has 0 fully saturated rings. The van der Waals surface area contributed by atoms with Crippen LogP contribution in [0.15, 0.2) is 24.3 Å². The number of hydrogen-bond acceptors (Lipinski definition) is 3. The lowest BCUT2D eigenvalue weighted by atomic mass is 10.1. The Kier molecular flexibility index (Phi) is 2.96. The van der Waals surface area contributed by atoms with Crippen LogP contribution in [0.4, 0.5) is 0 Å². The van der Waals surface area contributed by atoms with E-state index in [0.29, 0.717) is 17.4 Å². The summed E-state index contributed by atoms with van der Waals surface area (Å²) >= 11 is 0. The van der Waals surface area contributed by atoms with Crippen LogP contribution in [0.1, 0.15) is 22.0 Å². The molecule has 0 aromatic heterocycles. The molecule has 0 saturated heterocycles. The molecule has 0 unspecified atom stereocenters. The van der Waals surface area contributed by atoms with Gasteiger partial charge in [0.25, 0.3) is 0 Å². The highest BCUT2D eigenvalue weighted by molar-refractivity contribution is 5.74. The smallest absolute Gasteiger partial charge is 0.150 e. The molecule has 0 aliphatic carbocycles. The van der Waals surface area contributed by atoms with Crippen LogP contribution in [0.5, 0.6) is 0 Å². The van der Waals surface area contributed by atoms with Crippen molar-refractivity contribution in [3.8, 4) is 0 Å². The lowest BCUT2D eigenvalue weighted by molar-refractivity contribution is 0.0954. The van der Waals surface area contributed by atoms with Crippen molar-refractivity contribution >= 4 is 6.29 Å². The van der Waals surface area contributed by atoms with Gasteiger partial charge in [0, 0.05) is 5.56 Å². The number of aliphatic hydroxyl groups is 2. The highest BCUT2D eigenvalue weighted by Gasteiger charge is 2.04. The van der Waals surface area contributed by atoms with E-state index in [1.165, 1.54) is 0 Å². The highest BCUT2D eigenvalue weighted by atomic mass is 16.3. The molecule has 1 atom stereocenters. The molecule has 0 heterocycles. The molecule has 0 spiro atoms. The second-order valence-corrected chi connectivity index (χ2v) is 2.49. The normalized spacial score (nSPS) is 12.5. The summed E-state index contributed by atoms with van der Waals surface area (Å²) in [5, 5.41) is 17.8. The van der Waals surface area contributed by atoms with Gasteiger partial charge in [-0.15, -0.1) is 0 Å². The predicted molar refractivity (Wildman–Crippen MR) is 43.9 cm³/mol. The largest absolute Gasteiger partial charge is 0.393 e. The number of carbonyl (C=O) groups is 1. The Labute approximate surface area is 70.3 Å². The molecule has 3 nitrogen and oxygen atoms in total. The summed E-state index contributed by atoms with van der Waals surface area (Å²) in [6, 6.07) is 6.51. The fourth-order valence-corrected chi connectivity index (χ4v) is 0.945. The van der Waals surface area contributed by atoms with Gasteiger partial charge in [0.1, 0.15) is 12.4 Å². The third-order valence-electron chi connectivity index (χ3n) is 1.60. The van der Waals surface area contributed by atoms with E-state index in [2.05, 4.69) is 0 Å². The van der Waals surface area contributed by atoms with E-state index in [-0.39, 0.29) is 6.61 Å². The van der Waals surface area contributed by atoms with Crippen LogP contribution in [0, 0.1) is 0 Å². The first kappa shape index (κ1) is 8.90. The number of hydrogen-bond donors (Lipinski definition) is 2. The van der Waals surface area contributed by atoms with Crippen LogP contribution in [0.3, 0.4) is 0 Å². The Bertz CT molecular complexity index is 270. The molecule has 1 aromatic rings. The van der Waals surface area contributed by atoms with Crippen molar-refractivity contribution in [2.24, 2.45) is 0 Å². The summed E-state index contributed by atoms with van der Waals surface area (Å²) in [4.78, 5) is 10.3. The van der Waals surface area contributed by atoms with Gasteiger partial charge in [0.2, 0.25) is 0 Å². The quantitative estimate of drug-likeness (QED) is 0.644. The standard InChI is InChI=1S/C9H10O3/c10-5-7-2-1-3-8(4-7)9(12)6-11/h1-5,9,11-12H,6H2/t9-/m0/s1. The van der Waals surface area contributed by atoms with Crippen molar-refractivity contribution in [2.75, 3.05) is 6.61 Å². The average molecular weight is 166 g/mol. The summed E-state index contributed by atoms with van der Waals surface area (Å²) in [5.41, 5.74) is 1.06. The zero-order chi connectivity index (χ0) is 8.97. The van der Waals surface area contributed by atoms with Crippen molar-refractivity contribution < 1.29 is 15.0 Å². The Hall–Kier alpha value is -1.19. The first-order valence-electron chi connectivity index (χ1n) is 3.62. The molecule has 0 aliphatic rings. The molecule has 1 rings (SSSR count). The van der Waals surface area contributed by atoms with Crippen molar-refractivity contribution in [1.82, 2.24) is 0 Å². The SMILES string of the molecule is O=Cc1cccc([C@@H](O)CO)c1. The fraction of sp³-hybridized carbons (Fsp3) is 0.222. The van der Waals surface area contributed by atoms with E-state index < -0.39 is 6.10 Å². The maximum absolute atomic E-state index is 10.3. The van der Waals surface area contributed by atoms with Crippen molar-refractivity contribution in [3.63, 3.8) is 0 Å². The van der Waals surface area contributed by atoms with Crippen LogP contribution < -0.4 is 0 Å². The van der Waals surface area contributed by atoms with Crippen LogP contribution in [-0.4, -0.2) is 23.1 Å². The van der Waals surface area contributed by atoms with Gasteiger partial charge in [-0.1, -0.05) is 18.2 Å². The molecule has 0 radical (unpaired) electrons. The van der Waals surface area contributed by atoms with E-state index in [4.69, 9.17) is 5.11 Å². The molecule has 2 N–H and O–H groups in total. The molecular weight excluding hydrogens is 156 g/mol. The van der Waals surface area contributed by atoms with Gasteiger partial charge in [-0.3, -0.25) is 4.79 Å². The molecule has 0 amide bonds. The molecule has 64 valence electrons. The Balaban J connectivity index is 2.93. The minimum absolute atomic E-state index is 0.331. The molecule has 1 aromatic carbocycles. The fourth-order valence-electron chi connectivity index (χ4n) is 0.945. The second kappa shape index (κ2) is 3.99. The van der Waals surface area contributed by atoms with Crippen LogP contribution in [0.2, 0.25) is 0 Å². The number of aldehydes is 1. The lowest BCUT2D eigenvalue weighted by Gasteiger charge is -2.06. The molecule has 0 bridgehead atoms. The van der Waals surface area contributed by atoms with Gasteiger partial charge < -0.3 is 10.2 Å². The summed E-state index contributed by atoms with van der Waals surface area (Å²) < 4.78 is 0. The topological polar surface area (TPSA) is 57.5 Å². The summed E-state index contributed by atoms with van der Waals surface area (Å²) in [5.74, 6) is 0. The van der Waals surface area contributed by atoms with E-state index >= 15 is 0 Å². The Morgan fingerprint density at radius 3 is 2.83 bits per heavy atom. The summed E-state index contributed by atoms with van der Waals surface area (Å²) in [6.07, 6.45) is -0.196. The minimum atomic E-state index is -0.898. The van der Waals surface area contributed by atoms with Crippen LogP contribution in [0.25, 0.3) is 0 Å². The molecule has 3 heteroatoms. The van der Waals surface area contributed by atoms with Crippen molar-refractivity contribution in [3.05, 3.63) is 35.4 Å². The third kappa shape index (κ3) is 1.90. The zero-order valence-corrected chi connectivity index (χ0v) is 6.47. The van der Waals surface area contributed by atoms with Crippen molar-refractivity contribution in [1.29, 1.82) is 0 Å².